The minimum Gasteiger partial charge on any atom is -0.383 e. The third kappa shape index (κ3) is 3.20. The predicted octanol–water partition coefficient (Wildman–Crippen LogP) is 3.59. The highest BCUT2D eigenvalue weighted by Crippen LogP contribution is 2.46. The smallest absolute Gasteiger partial charge is 0.254 e. The third-order valence-corrected chi connectivity index (χ3v) is 5.98. The van der Waals surface area contributed by atoms with E-state index in [1.54, 1.807) is 15.9 Å². The van der Waals surface area contributed by atoms with Gasteiger partial charge in [-0.25, -0.2) is 4.99 Å². The van der Waals surface area contributed by atoms with E-state index in [9.17, 15) is 10.1 Å². The van der Waals surface area contributed by atoms with Crippen LogP contribution >= 0.6 is 23.4 Å². The van der Waals surface area contributed by atoms with Crippen LogP contribution in [0.1, 0.15) is 32.4 Å². The van der Waals surface area contributed by atoms with Gasteiger partial charge in [0.15, 0.2) is 5.17 Å². The Hall–Kier alpha value is -2.43. The molecule has 0 saturated carbocycles. The average Bonchev–Trinajstić information content (AvgIpc) is 2.97. The van der Waals surface area contributed by atoms with E-state index in [1.165, 1.54) is 11.8 Å². The van der Waals surface area contributed by atoms with E-state index in [1.807, 2.05) is 39.0 Å². The molecule has 27 heavy (non-hydrogen) atoms. The van der Waals surface area contributed by atoms with Gasteiger partial charge in [-0.1, -0.05) is 29.8 Å². The molecule has 3 rings (SSSR count). The number of rotatable bonds is 4. The van der Waals surface area contributed by atoms with Crippen LogP contribution < -0.4 is 5.73 Å². The Morgan fingerprint density at radius 1 is 1.41 bits per heavy atom. The van der Waals surface area contributed by atoms with Crippen molar-refractivity contribution in [3.63, 3.8) is 0 Å². The quantitative estimate of drug-likeness (QED) is 0.833. The number of carbonyl (C=O) groups excluding carboxylic acids is 1. The van der Waals surface area contributed by atoms with Crippen LogP contribution in [0, 0.1) is 11.3 Å². The summed E-state index contributed by atoms with van der Waals surface area (Å²) in [6, 6.07) is 8.95. The number of amidine groups is 1. The zero-order valence-corrected chi connectivity index (χ0v) is 16.9. The summed E-state index contributed by atoms with van der Waals surface area (Å²) in [6.07, 6.45) is 0. The van der Waals surface area contributed by atoms with Crippen molar-refractivity contribution in [1.82, 2.24) is 9.80 Å². The standard InChI is InChI=1S/C19H20ClN5OS/c1-4-24(5-2)18(26)15-11(3)23-19-25(17(22)14(10-21)27-19)16(15)12-8-6-7-9-13(12)20/h6-9,16H,4-5,22H2,1-3H3/t16-/m1/s1. The first-order chi connectivity index (χ1) is 12.9. The normalized spacial score (nSPS) is 19.0. The number of hydrogen-bond donors (Lipinski definition) is 1. The Morgan fingerprint density at radius 3 is 2.67 bits per heavy atom. The molecule has 2 N–H and O–H groups in total. The molecule has 1 aromatic carbocycles. The summed E-state index contributed by atoms with van der Waals surface area (Å²) < 4.78 is 0. The Morgan fingerprint density at radius 2 is 2.07 bits per heavy atom. The molecule has 0 saturated heterocycles. The molecule has 1 amide bonds. The van der Waals surface area contributed by atoms with E-state index in [2.05, 4.69) is 11.1 Å². The lowest BCUT2D eigenvalue weighted by molar-refractivity contribution is -0.127. The summed E-state index contributed by atoms with van der Waals surface area (Å²) in [5.41, 5.74) is 8.16. The second kappa shape index (κ2) is 7.67. The molecule has 2 aliphatic rings. The van der Waals surface area contributed by atoms with Gasteiger partial charge >= 0.3 is 0 Å². The lowest BCUT2D eigenvalue weighted by Crippen LogP contribution is -2.42. The number of halogens is 1. The van der Waals surface area contributed by atoms with Crippen molar-refractivity contribution < 1.29 is 4.79 Å². The van der Waals surface area contributed by atoms with Crippen LogP contribution in [0.15, 0.2) is 51.3 Å². The van der Waals surface area contributed by atoms with Gasteiger partial charge < -0.3 is 10.6 Å². The minimum absolute atomic E-state index is 0.103. The maximum atomic E-state index is 13.3. The zero-order chi connectivity index (χ0) is 19.7. The van der Waals surface area contributed by atoms with E-state index >= 15 is 0 Å². The lowest BCUT2D eigenvalue weighted by Gasteiger charge is -2.37. The number of fused-ring (bicyclic) bond motifs is 1. The monoisotopic (exact) mass is 401 g/mol. The number of benzene rings is 1. The van der Waals surface area contributed by atoms with E-state index in [0.717, 1.165) is 5.56 Å². The van der Waals surface area contributed by atoms with Crippen LogP contribution in [-0.2, 0) is 4.79 Å². The molecule has 140 valence electrons. The fourth-order valence-corrected chi connectivity index (χ4v) is 4.44. The van der Waals surface area contributed by atoms with Gasteiger partial charge in [-0.15, -0.1) is 0 Å². The molecular formula is C19H20ClN5OS. The second-order valence-corrected chi connectivity index (χ2v) is 7.48. The number of hydrogen-bond acceptors (Lipinski definition) is 6. The van der Waals surface area contributed by atoms with Gasteiger partial charge in [0.25, 0.3) is 5.91 Å². The summed E-state index contributed by atoms with van der Waals surface area (Å²) >= 11 is 7.70. The molecule has 0 aromatic heterocycles. The predicted molar refractivity (Wildman–Crippen MR) is 109 cm³/mol. The van der Waals surface area contributed by atoms with Crippen LogP contribution in [0.3, 0.4) is 0 Å². The first-order valence-corrected chi connectivity index (χ1v) is 9.84. The molecular weight excluding hydrogens is 382 g/mol. The van der Waals surface area contributed by atoms with Crippen molar-refractivity contribution in [1.29, 1.82) is 5.26 Å². The van der Waals surface area contributed by atoms with Crippen LogP contribution in [0.5, 0.6) is 0 Å². The summed E-state index contributed by atoms with van der Waals surface area (Å²) in [4.78, 5) is 21.7. The molecule has 0 aliphatic carbocycles. The fraction of sp³-hybridized carbons (Fsp3) is 0.316. The number of nitrogens with zero attached hydrogens (tertiary/aromatic N) is 4. The molecule has 2 heterocycles. The summed E-state index contributed by atoms with van der Waals surface area (Å²) in [5, 5.41) is 10.5. The van der Waals surface area contributed by atoms with Crippen molar-refractivity contribution in [2.75, 3.05) is 13.1 Å². The fourth-order valence-electron chi connectivity index (χ4n) is 3.29. The Balaban J connectivity index is 2.23. The largest absolute Gasteiger partial charge is 0.383 e. The van der Waals surface area contributed by atoms with Crippen molar-refractivity contribution in [2.24, 2.45) is 10.7 Å². The first-order valence-electron chi connectivity index (χ1n) is 8.64. The van der Waals surface area contributed by atoms with E-state index in [0.29, 0.717) is 45.3 Å². The van der Waals surface area contributed by atoms with Crippen molar-refractivity contribution in [2.45, 2.75) is 26.8 Å². The van der Waals surface area contributed by atoms with Crippen LogP contribution in [0.2, 0.25) is 5.02 Å². The van der Waals surface area contributed by atoms with E-state index in [4.69, 9.17) is 17.3 Å². The molecule has 0 spiro atoms. The van der Waals surface area contributed by atoms with Crippen LogP contribution in [0.4, 0.5) is 0 Å². The summed E-state index contributed by atoms with van der Waals surface area (Å²) in [6.45, 7) is 6.86. The number of allylic oxidation sites excluding steroid dienone is 2. The van der Waals surface area contributed by atoms with Gasteiger partial charge in [0.05, 0.1) is 17.3 Å². The van der Waals surface area contributed by atoms with Gasteiger partial charge in [-0.2, -0.15) is 5.26 Å². The van der Waals surface area contributed by atoms with E-state index in [-0.39, 0.29) is 5.91 Å². The Kier molecular flexibility index (Phi) is 5.49. The summed E-state index contributed by atoms with van der Waals surface area (Å²) in [7, 11) is 0. The minimum atomic E-state index is -0.530. The number of likely N-dealkylation sites (N-methyl/N-ethyl adjacent to an activating group) is 1. The Labute approximate surface area is 168 Å². The second-order valence-electron chi connectivity index (χ2n) is 6.09. The number of nitriles is 1. The molecule has 1 aromatic rings. The van der Waals surface area contributed by atoms with Gasteiger partial charge in [0.1, 0.15) is 16.8 Å². The average molecular weight is 402 g/mol. The first kappa shape index (κ1) is 19.3. The molecule has 0 unspecified atom stereocenters. The molecule has 6 nitrogen and oxygen atoms in total. The topological polar surface area (TPSA) is 85.7 Å². The maximum Gasteiger partial charge on any atom is 0.254 e. The van der Waals surface area contributed by atoms with E-state index < -0.39 is 6.04 Å². The van der Waals surface area contributed by atoms with Gasteiger partial charge in [0, 0.05) is 18.1 Å². The SMILES string of the molecule is CCN(CC)C(=O)C1=C(C)N=C2SC(C#N)=C(N)N2[C@@H]1c1ccccc1Cl. The van der Waals surface area contributed by atoms with Gasteiger partial charge in [-0.3, -0.25) is 9.69 Å². The van der Waals surface area contributed by atoms with Gasteiger partial charge in [-0.05, 0) is 44.2 Å². The van der Waals surface area contributed by atoms with Crippen LogP contribution in [-0.4, -0.2) is 34.0 Å². The highest BCUT2D eigenvalue weighted by molar-refractivity contribution is 8.17. The molecule has 0 radical (unpaired) electrons. The van der Waals surface area contributed by atoms with Crippen LogP contribution in [0.25, 0.3) is 0 Å². The maximum absolute atomic E-state index is 13.3. The molecule has 2 aliphatic heterocycles. The number of amides is 1. The highest BCUT2D eigenvalue weighted by atomic mass is 35.5. The summed E-state index contributed by atoms with van der Waals surface area (Å²) in [5.74, 6) is 0.192. The number of aliphatic imine (C=N–C) groups is 1. The Bertz CT molecular complexity index is 926. The third-order valence-electron chi connectivity index (χ3n) is 4.66. The molecule has 1 atom stereocenters. The molecule has 0 bridgehead atoms. The molecule has 0 fully saturated rings. The van der Waals surface area contributed by atoms with Crippen molar-refractivity contribution >= 4 is 34.4 Å². The number of carbonyl (C=O) groups is 1. The van der Waals surface area contributed by atoms with Crippen molar-refractivity contribution in [3.05, 3.63) is 56.8 Å². The molecule has 8 heteroatoms. The zero-order valence-electron chi connectivity index (χ0n) is 15.4. The van der Waals surface area contributed by atoms with Crippen molar-refractivity contribution in [3.8, 4) is 6.07 Å². The van der Waals surface area contributed by atoms with Gasteiger partial charge in [0.2, 0.25) is 0 Å². The number of nitrogens with two attached hydrogens (primary N) is 1. The lowest BCUT2D eigenvalue weighted by atomic mass is 9.93. The highest BCUT2D eigenvalue weighted by Gasteiger charge is 2.43. The number of thioether (sulfide) groups is 1.